The SMILES string of the molecule is O=C1Nc2ncccc2C12Cc1cc3ccc(Cn4c(=O)oc5c(Br)cccc54)nc3cc1C2. The molecule has 1 aliphatic heterocycles. The Kier molecular flexibility index (Phi) is 3.97. The van der Waals surface area contributed by atoms with Crippen LogP contribution < -0.4 is 11.1 Å². The smallest absolute Gasteiger partial charge is 0.406 e. The number of anilines is 1. The highest BCUT2D eigenvalue weighted by atomic mass is 79.9. The molecule has 1 N–H and O–H groups in total. The number of pyridine rings is 2. The lowest BCUT2D eigenvalue weighted by Crippen LogP contribution is -2.35. The van der Waals surface area contributed by atoms with Crippen LogP contribution in [0, 0.1) is 0 Å². The Morgan fingerprint density at radius 2 is 1.91 bits per heavy atom. The molecule has 3 aromatic heterocycles. The molecule has 2 aromatic carbocycles. The fraction of sp³-hybridized carbons (Fsp3) is 0.154. The Balaban J connectivity index is 1.28. The van der Waals surface area contributed by atoms with Crippen molar-refractivity contribution in [3.05, 3.63) is 98.2 Å². The zero-order valence-corrected chi connectivity index (χ0v) is 19.4. The predicted molar refractivity (Wildman–Crippen MR) is 131 cm³/mol. The lowest BCUT2D eigenvalue weighted by molar-refractivity contribution is -0.120. The zero-order chi connectivity index (χ0) is 23.0. The molecular formula is C26H17BrN4O3. The van der Waals surface area contributed by atoms with Crippen molar-refractivity contribution >= 4 is 49.7 Å². The van der Waals surface area contributed by atoms with Crippen LogP contribution in [0.5, 0.6) is 0 Å². The number of benzene rings is 2. The molecule has 1 unspecified atom stereocenters. The highest BCUT2D eigenvalue weighted by Crippen LogP contribution is 2.47. The minimum atomic E-state index is -0.609. The molecule has 34 heavy (non-hydrogen) atoms. The van der Waals surface area contributed by atoms with E-state index in [0.717, 1.165) is 43.3 Å². The minimum absolute atomic E-state index is 0.00692. The monoisotopic (exact) mass is 512 g/mol. The first-order valence-electron chi connectivity index (χ1n) is 11.0. The first-order valence-corrected chi connectivity index (χ1v) is 11.8. The lowest BCUT2D eigenvalue weighted by Gasteiger charge is -2.20. The molecule has 0 bridgehead atoms. The van der Waals surface area contributed by atoms with Crippen LogP contribution >= 0.6 is 15.9 Å². The van der Waals surface area contributed by atoms with Gasteiger partial charge in [0.05, 0.1) is 33.2 Å². The summed E-state index contributed by atoms with van der Waals surface area (Å²) in [4.78, 5) is 34.7. The van der Waals surface area contributed by atoms with Gasteiger partial charge in [-0.25, -0.2) is 9.78 Å². The molecule has 1 atom stereocenters. The van der Waals surface area contributed by atoms with Crippen LogP contribution in [0.1, 0.15) is 22.4 Å². The molecule has 0 radical (unpaired) electrons. The molecule has 0 saturated heterocycles. The highest BCUT2D eigenvalue weighted by molar-refractivity contribution is 9.10. The molecule has 166 valence electrons. The van der Waals surface area contributed by atoms with Crippen LogP contribution in [0.25, 0.3) is 22.0 Å². The van der Waals surface area contributed by atoms with Crippen molar-refractivity contribution in [2.45, 2.75) is 24.8 Å². The van der Waals surface area contributed by atoms with Gasteiger partial charge in [-0.05, 0) is 76.3 Å². The number of fused-ring (bicyclic) bond motifs is 5. The van der Waals surface area contributed by atoms with E-state index in [4.69, 9.17) is 9.40 Å². The largest absolute Gasteiger partial charge is 0.420 e. The van der Waals surface area contributed by atoms with Gasteiger partial charge in [0.2, 0.25) is 5.91 Å². The molecule has 7 nitrogen and oxygen atoms in total. The highest BCUT2D eigenvalue weighted by Gasteiger charge is 2.51. The first-order chi connectivity index (χ1) is 16.5. The third-order valence-electron chi connectivity index (χ3n) is 7.01. The Morgan fingerprint density at radius 1 is 1.06 bits per heavy atom. The summed E-state index contributed by atoms with van der Waals surface area (Å²) in [6, 6.07) is 17.6. The summed E-state index contributed by atoms with van der Waals surface area (Å²) in [5.74, 6) is 0.251. The summed E-state index contributed by atoms with van der Waals surface area (Å²) < 4.78 is 7.76. The summed E-state index contributed by atoms with van der Waals surface area (Å²) in [5.41, 5.74) is 5.50. The number of rotatable bonds is 2. The summed E-state index contributed by atoms with van der Waals surface area (Å²) in [6.07, 6.45) is 2.97. The maximum atomic E-state index is 13.0. The summed E-state index contributed by atoms with van der Waals surface area (Å²) in [7, 11) is 0. The van der Waals surface area contributed by atoms with Crippen molar-refractivity contribution in [2.24, 2.45) is 0 Å². The molecule has 1 amide bonds. The van der Waals surface area contributed by atoms with E-state index in [0.29, 0.717) is 30.8 Å². The molecule has 2 aliphatic rings. The summed E-state index contributed by atoms with van der Waals surface area (Å²) in [5, 5.41) is 3.96. The van der Waals surface area contributed by atoms with Crippen molar-refractivity contribution < 1.29 is 9.21 Å². The number of aromatic nitrogens is 3. The van der Waals surface area contributed by atoms with Crippen LogP contribution in [-0.4, -0.2) is 20.4 Å². The third kappa shape index (κ3) is 2.69. The van der Waals surface area contributed by atoms with Crippen molar-refractivity contribution in [1.82, 2.24) is 14.5 Å². The van der Waals surface area contributed by atoms with E-state index in [-0.39, 0.29) is 5.91 Å². The Morgan fingerprint density at radius 3 is 2.79 bits per heavy atom. The Bertz CT molecular complexity index is 1740. The molecule has 7 rings (SSSR count). The number of amides is 1. The van der Waals surface area contributed by atoms with E-state index in [1.54, 1.807) is 10.8 Å². The maximum Gasteiger partial charge on any atom is 0.420 e. The van der Waals surface area contributed by atoms with Crippen LogP contribution in [0.2, 0.25) is 0 Å². The molecular weight excluding hydrogens is 496 g/mol. The second kappa shape index (κ2) is 6.87. The van der Waals surface area contributed by atoms with Gasteiger partial charge in [-0.15, -0.1) is 0 Å². The van der Waals surface area contributed by atoms with E-state index < -0.39 is 11.2 Å². The van der Waals surface area contributed by atoms with Gasteiger partial charge in [0.1, 0.15) is 5.82 Å². The number of carbonyl (C=O) groups excluding carboxylic acids is 1. The number of halogens is 1. The van der Waals surface area contributed by atoms with Crippen molar-refractivity contribution in [3.8, 4) is 0 Å². The molecule has 0 fully saturated rings. The van der Waals surface area contributed by atoms with E-state index in [1.807, 2.05) is 42.5 Å². The number of para-hydroxylation sites is 1. The molecule has 5 aromatic rings. The van der Waals surface area contributed by atoms with Gasteiger partial charge in [-0.3, -0.25) is 14.3 Å². The van der Waals surface area contributed by atoms with Gasteiger partial charge in [0.25, 0.3) is 0 Å². The van der Waals surface area contributed by atoms with Crippen LogP contribution in [0.3, 0.4) is 0 Å². The van der Waals surface area contributed by atoms with Crippen LogP contribution in [0.4, 0.5) is 5.82 Å². The second-order valence-electron chi connectivity index (χ2n) is 8.95. The van der Waals surface area contributed by atoms with E-state index in [1.165, 1.54) is 0 Å². The van der Waals surface area contributed by atoms with Gasteiger partial charge in [-0.1, -0.05) is 18.2 Å². The number of nitrogens with zero attached hydrogens (tertiary/aromatic N) is 3. The van der Waals surface area contributed by atoms with Crippen LogP contribution in [-0.2, 0) is 29.6 Å². The standard InChI is InChI=1S/C26H17BrN4O3/c27-19-4-1-5-21-22(19)34-25(33)31(21)13-17-7-6-14-9-15-11-26(12-16(15)10-20(14)29-17)18-3-2-8-28-23(18)30-24(26)32/h1-10H,11-13H2,(H,28,30,32). The van der Waals surface area contributed by atoms with Crippen molar-refractivity contribution in [2.75, 3.05) is 5.32 Å². The topological polar surface area (TPSA) is 90.0 Å². The van der Waals surface area contributed by atoms with Gasteiger partial charge < -0.3 is 9.73 Å². The van der Waals surface area contributed by atoms with Crippen molar-refractivity contribution in [3.63, 3.8) is 0 Å². The summed E-state index contributed by atoms with van der Waals surface area (Å²) in [6.45, 7) is 0.306. The zero-order valence-electron chi connectivity index (χ0n) is 17.8. The number of nitrogens with one attached hydrogen (secondary N) is 1. The van der Waals surface area contributed by atoms with Gasteiger partial charge in [-0.2, -0.15) is 0 Å². The quantitative estimate of drug-likeness (QED) is 0.380. The number of hydrogen-bond acceptors (Lipinski definition) is 5. The Hall–Kier alpha value is -3.78. The molecule has 4 heterocycles. The fourth-order valence-electron chi connectivity index (χ4n) is 5.39. The molecule has 8 heteroatoms. The average Bonchev–Trinajstić information content (AvgIpc) is 3.45. The van der Waals surface area contributed by atoms with E-state index >= 15 is 0 Å². The average molecular weight is 513 g/mol. The lowest BCUT2D eigenvalue weighted by atomic mass is 9.79. The minimum Gasteiger partial charge on any atom is -0.406 e. The third-order valence-corrected chi connectivity index (χ3v) is 7.63. The number of carbonyl (C=O) groups is 1. The normalized spacial score (nSPS) is 18.6. The van der Waals surface area contributed by atoms with Gasteiger partial charge in [0.15, 0.2) is 5.58 Å². The predicted octanol–water partition coefficient (Wildman–Crippen LogP) is 4.34. The van der Waals surface area contributed by atoms with Gasteiger partial charge in [0, 0.05) is 17.1 Å². The first kappa shape index (κ1) is 19.7. The van der Waals surface area contributed by atoms with Crippen LogP contribution in [0.15, 0.2) is 74.5 Å². The fourth-order valence-corrected chi connectivity index (χ4v) is 5.83. The van der Waals surface area contributed by atoms with Crippen molar-refractivity contribution in [1.29, 1.82) is 0 Å². The maximum absolute atomic E-state index is 13.0. The van der Waals surface area contributed by atoms with E-state index in [2.05, 4.69) is 38.4 Å². The Labute approximate surface area is 201 Å². The van der Waals surface area contributed by atoms with Gasteiger partial charge >= 0.3 is 5.76 Å². The molecule has 0 saturated carbocycles. The number of hydrogen-bond donors (Lipinski definition) is 1. The van der Waals surface area contributed by atoms with E-state index in [9.17, 15) is 9.59 Å². The molecule has 1 spiro atoms. The molecule has 1 aliphatic carbocycles. The summed E-state index contributed by atoms with van der Waals surface area (Å²) >= 11 is 3.44. The number of oxazole rings is 1. The second-order valence-corrected chi connectivity index (χ2v) is 9.80.